The molecule has 0 aromatic heterocycles. The summed E-state index contributed by atoms with van der Waals surface area (Å²) in [6.45, 7) is 8.14. The highest BCUT2D eigenvalue weighted by Crippen LogP contribution is 2.28. The molecule has 2 rings (SSSR count). The summed E-state index contributed by atoms with van der Waals surface area (Å²) in [6.07, 6.45) is 5.59. The van der Waals surface area contributed by atoms with Crippen molar-refractivity contribution >= 4 is 0 Å². The molecular formula is C14H30N4. The van der Waals surface area contributed by atoms with Crippen molar-refractivity contribution in [2.24, 2.45) is 0 Å². The minimum Gasteiger partial charge on any atom is -0.307 e. The molecule has 2 atom stereocenters. The Balaban J connectivity index is 2.00. The summed E-state index contributed by atoms with van der Waals surface area (Å²) in [7, 11) is 4.30. The minimum absolute atomic E-state index is 0.752. The van der Waals surface area contributed by atoms with E-state index in [1.54, 1.807) is 0 Å². The van der Waals surface area contributed by atoms with Crippen LogP contribution in [0.5, 0.6) is 0 Å². The molecule has 0 spiro atoms. The van der Waals surface area contributed by atoms with E-state index in [1.807, 2.05) is 0 Å². The van der Waals surface area contributed by atoms with Crippen molar-refractivity contribution in [2.45, 2.75) is 44.7 Å². The number of rotatable bonds is 5. The van der Waals surface area contributed by atoms with Crippen molar-refractivity contribution in [2.75, 3.05) is 47.1 Å². The first kappa shape index (κ1) is 14.3. The lowest BCUT2D eigenvalue weighted by atomic mass is 9.88. The van der Waals surface area contributed by atoms with E-state index >= 15 is 0 Å². The summed E-state index contributed by atoms with van der Waals surface area (Å²) in [5.41, 5.74) is 0. The molecule has 2 fully saturated rings. The summed E-state index contributed by atoms with van der Waals surface area (Å²) in [5, 5.41) is 3.33. The molecule has 4 heteroatoms. The summed E-state index contributed by atoms with van der Waals surface area (Å²) in [5.74, 6) is 0. The maximum absolute atomic E-state index is 3.33. The van der Waals surface area contributed by atoms with Crippen molar-refractivity contribution in [1.82, 2.24) is 20.0 Å². The Hall–Kier alpha value is -0.160. The van der Waals surface area contributed by atoms with Gasteiger partial charge in [-0.05, 0) is 33.5 Å². The first-order valence-electron chi connectivity index (χ1n) is 7.57. The van der Waals surface area contributed by atoms with E-state index < -0.39 is 0 Å². The fourth-order valence-corrected chi connectivity index (χ4v) is 3.63. The Labute approximate surface area is 112 Å². The monoisotopic (exact) mass is 254 g/mol. The average molecular weight is 254 g/mol. The van der Waals surface area contributed by atoms with Gasteiger partial charge in [-0.15, -0.1) is 0 Å². The predicted molar refractivity (Wildman–Crippen MR) is 76.6 cm³/mol. The zero-order chi connectivity index (χ0) is 13.0. The molecular weight excluding hydrogens is 224 g/mol. The van der Waals surface area contributed by atoms with Gasteiger partial charge in [0.2, 0.25) is 0 Å². The maximum atomic E-state index is 3.33. The predicted octanol–water partition coefficient (Wildman–Crippen LogP) is 1.00. The van der Waals surface area contributed by atoms with Gasteiger partial charge in [-0.2, -0.15) is 0 Å². The second kappa shape index (κ2) is 6.85. The van der Waals surface area contributed by atoms with Crippen LogP contribution in [0.4, 0.5) is 0 Å². The van der Waals surface area contributed by atoms with Crippen LogP contribution in [0.15, 0.2) is 0 Å². The summed E-state index contributed by atoms with van der Waals surface area (Å²) in [6, 6.07) is 1.53. The van der Waals surface area contributed by atoms with Crippen LogP contribution in [0.3, 0.4) is 0 Å². The van der Waals surface area contributed by atoms with Gasteiger partial charge in [0.25, 0.3) is 0 Å². The summed E-state index contributed by atoms with van der Waals surface area (Å²) >= 11 is 0. The van der Waals surface area contributed by atoms with Gasteiger partial charge in [0.05, 0.1) is 6.67 Å². The van der Waals surface area contributed by atoms with Crippen LogP contribution in [-0.4, -0.2) is 73.9 Å². The molecule has 106 valence electrons. The third-order valence-electron chi connectivity index (χ3n) is 4.59. The SMILES string of the molecule is CCN(CNC)C1CCCCC1N1CCN(C)C1. The zero-order valence-corrected chi connectivity index (χ0v) is 12.4. The molecule has 0 bridgehead atoms. The van der Waals surface area contributed by atoms with Crippen LogP contribution in [0, 0.1) is 0 Å². The molecule has 1 aliphatic carbocycles. The van der Waals surface area contributed by atoms with E-state index in [4.69, 9.17) is 0 Å². The van der Waals surface area contributed by atoms with E-state index in [-0.39, 0.29) is 0 Å². The first-order valence-corrected chi connectivity index (χ1v) is 7.57. The smallest absolute Gasteiger partial charge is 0.0507 e. The number of hydrogen-bond donors (Lipinski definition) is 1. The maximum Gasteiger partial charge on any atom is 0.0507 e. The van der Waals surface area contributed by atoms with Gasteiger partial charge in [0.1, 0.15) is 0 Å². The Morgan fingerprint density at radius 3 is 2.61 bits per heavy atom. The third-order valence-corrected chi connectivity index (χ3v) is 4.59. The van der Waals surface area contributed by atoms with E-state index in [0.29, 0.717) is 0 Å². The number of hydrogen-bond acceptors (Lipinski definition) is 4. The minimum atomic E-state index is 0.752. The van der Waals surface area contributed by atoms with E-state index in [2.05, 4.69) is 41.0 Å². The van der Waals surface area contributed by atoms with Crippen LogP contribution in [0.25, 0.3) is 0 Å². The Bertz CT molecular complexity index is 234. The fourth-order valence-electron chi connectivity index (χ4n) is 3.63. The molecule has 0 aromatic rings. The Kier molecular flexibility index (Phi) is 5.42. The number of nitrogens with zero attached hydrogens (tertiary/aromatic N) is 3. The molecule has 18 heavy (non-hydrogen) atoms. The van der Waals surface area contributed by atoms with Gasteiger partial charge in [0.15, 0.2) is 0 Å². The molecule has 1 aliphatic heterocycles. The van der Waals surface area contributed by atoms with Gasteiger partial charge in [0, 0.05) is 31.8 Å². The molecule has 1 heterocycles. The Morgan fingerprint density at radius 2 is 2.00 bits per heavy atom. The lowest BCUT2D eigenvalue weighted by Gasteiger charge is -2.43. The summed E-state index contributed by atoms with van der Waals surface area (Å²) in [4.78, 5) is 7.78. The van der Waals surface area contributed by atoms with Gasteiger partial charge in [-0.1, -0.05) is 19.8 Å². The average Bonchev–Trinajstić information content (AvgIpc) is 2.82. The van der Waals surface area contributed by atoms with Crippen molar-refractivity contribution in [3.8, 4) is 0 Å². The molecule has 4 nitrogen and oxygen atoms in total. The van der Waals surface area contributed by atoms with E-state index in [0.717, 1.165) is 32.0 Å². The number of nitrogens with one attached hydrogen (secondary N) is 1. The van der Waals surface area contributed by atoms with Crippen molar-refractivity contribution < 1.29 is 0 Å². The quantitative estimate of drug-likeness (QED) is 0.739. The highest BCUT2D eigenvalue weighted by Gasteiger charge is 2.35. The Morgan fingerprint density at radius 1 is 1.22 bits per heavy atom. The normalized spacial score (nSPS) is 31.3. The molecule has 2 aliphatic rings. The van der Waals surface area contributed by atoms with Crippen molar-refractivity contribution in [3.63, 3.8) is 0 Å². The topological polar surface area (TPSA) is 21.8 Å². The summed E-state index contributed by atoms with van der Waals surface area (Å²) < 4.78 is 0. The lowest BCUT2D eigenvalue weighted by Crippen LogP contribution is -2.54. The largest absolute Gasteiger partial charge is 0.307 e. The molecule has 1 saturated heterocycles. The van der Waals surface area contributed by atoms with Gasteiger partial charge >= 0.3 is 0 Å². The van der Waals surface area contributed by atoms with Crippen molar-refractivity contribution in [1.29, 1.82) is 0 Å². The molecule has 1 N–H and O–H groups in total. The van der Waals surface area contributed by atoms with Crippen LogP contribution in [0.2, 0.25) is 0 Å². The van der Waals surface area contributed by atoms with E-state index in [9.17, 15) is 0 Å². The van der Waals surface area contributed by atoms with Gasteiger partial charge in [-0.3, -0.25) is 14.7 Å². The third kappa shape index (κ3) is 3.23. The van der Waals surface area contributed by atoms with Crippen LogP contribution >= 0.6 is 0 Å². The first-order chi connectivity index (χ1) is 8.76. The van der Waals surface area contributed by atoms with E-state index in [1.165, 1.54) is 38.8 Å². The fraction of sp³-hybridized carbons (Fsp3) is 1.00. The highest BCUT2D eigenvalue weighted by atomic mass is 15.4. The molecule has 0 amide bonds. The second-order valence-electron chi connectivity index (χ2n) is 5.87. The van der Waals surface area contributed by atoms with Gasteiger partial charge < -0.3 is 5.32 Å². The number of likely N-dealkylation sites (N-methyl/N-ethyl adjacent to an activating group) is 2. The highest BCUT2D eigenvalue weighted by molar-refractivity contribution is 4.91. The van der Waals surface area contributed by atoms with Gasteiger partial charge in [-0.25, -0.2) is 0 Å². The molecule has 2 unspecified atom stereocenters. The molecule has 0 radical (unpaired) electrons. The second-order valence-corrected chi connectivity index (χ2v) is 5.87. The van der Waals surface area contributed by atoms with Crippen LogP contribution in [-0.2, 0) is 0 Å². The molecule has 1 saturated carbocycles. The molecule has 0 aromatic carbocycles. The lowest BCUT2D eigenvalue weighted by molar-refractivity contribution is 0.0526. The van der Waals surface area contributed by atoms with Crippen molar-refractivity contribution in [3.05, 3.63) is 0 Å². The standard InChI is InChI=1S/C14H30N4/c1-4-17(11-15-2)13-7-5-6-8-14(13)18-10-9-16(3)12-18/h13-15H,4-12H2,1-3H3. The van der Waals surface area contributed by atoms with Crippen LogP contribution in [0.1, 0.15) is 32.6 Å². The zero-order valence-electron chi connectivity index (χ0n) is 12.4. The van der Waals surface area contributed by atoms with Crippen LogP contribution < -0.4 is 5.32 Å².